The number of nitrogens with zero attached hydrogens (tertiary/aromatic N) is 3. The number of nitrogens with two attached hydrogens (primary N) is 1. The van der Waals surface area contributed by atoms with Crippen molar-refractivity contribution in [2.24, 2.45) is 17.6 Å². The lowest BCUT2D eigenvalue weighted by Crippen LogP contribution is -2.42. The molecule has 205 valence electrons. The molecular weight excluding hydrogens is 494 g/mol. The van der Waals surface area contributed by atoms with Crippen molar-refractivity contribution in [1.82, 2.24) is 20.3 Å². The Kier molecular flexibility index (Phi) is 9.94. The van der Waals surface area contributed by atoms with Gasteiger partial charge in [0.2, 0.25) is 23.5 Å². The van der Waals surface area contributed by atoms with Crippen LogP contribution in [0.4, 0.5) is 0 Å². The molecule has 2 amide bonds. The van der Waals surface area contributed by atoms with Crippen molar-refractivity contribution >= 4 is 17.6 Å². The Morgan fingerprint density at radius 3 is 2.59 bits per heavy atom. The van der Waals surface area contributed by atoms with Crippen LogP contribution in [0.2, 0.25) is 0 Å². The fraction of sp³-hybridized carbons (Fsp3) is 0.433. The number of oxazole rings is 1. The van der Waals surface area contributed by atoms with Gasteiger partial charge in [-0.15, -0.1) is 0 Å². The van der Waals surface area contributed by atoms with E-state index in [1.165, 1.54) is 25.6 Å². The van der Waals surface area contributed by atoms with Gasteiger partial charge in [-0.25, -0.2) is 15.0 Å². The highest BCUT2D eigenvalue weighted by atomic mass is 16.4. The molecule has 1 aliphatic rings. The molecule has 3 aromatic rings. The summed E-state index contributed by atoms with van der Waals surface area (Å²) in [7, 11) is 0. The van der Waals surface area contributed by atoms with E-state index in [0.29, 0.717) is 36.6 Å². The van der Waals surface area contributed by atoms with Crippen molar-refractivity contribution < 1.29 is 18.8 Å². The molecule has 3 N–H and O–H groups in total. The molecule has 1 aliphatic carbocycles. The first-order valence-corrected chi connectivity index (χ1v) is 13.7. The standard InChI is InChI=1S/C30H36N5O4/c1-20(29(31)38)18-25-28(39-30(35-25)24-16-17-32-19-33-24)27(37)23(14-12-21-8-4-2-5-9-21)34-26(36)15-13-22-10-6-3-7-11-22/h2,4-5,8-9,15-17,19-20,22-23H,3,6-7,10-14,18H2,1H3,(H2,31,38)(H,34,36). The van der Waals surface area contributed by atoms with Gasteiger partial charge in [0.05, 0.1) is 11.7 Å². The SMILES string of the molecule is CC(Cc1nc(-c2ccncn2)oc1C(=O)C(CCc1ccccc1)NC(=O)[CH]CC1CCCCC1)C(N)=O. The summed E-state index contributed by atoms with van der Waals surface area (Å²) in [5.74, 6) is -1.09. The van der Waals surface area contributed by atoms with Crippen LogP contribution < -0.4 is 11.1 Å². The van der Waals surface area contributed by atoms with Crippen molar-refractivity contribution in [3.8, 4) is 11.6 Å². The van der Waals surface area contributed by atoms with Crippen LogP contribution in [0.5, 0.6) is 0 Å². The molecule has 2 unspecified atom stereocenters. The van der Waals surface area contributed by atoms with Crippen LogP contribution >= 0.6 is 0 Å². The Bertz CT molecular complexity index is 1240. The van der Waals surface area contributed by atoms with Crippen molar-refractivity contribution in [3.05, 3.63) is 72.4 Å². The number of benzene rings is 1. The summed E-state index contributed by atoms with van der Waals surface area (Å²) in [6, 6.07) is 10.6. The third-order valence-electron chi connectivity index (χ3n) is 7.27. The molecule has 0 saturated heterocycles. The highest BCUT2D eigenvalue weighted by Gasteiger charge is 2.31. The maximum atomic E-state index is 13.9. The van der Waals surface area contributed by atoms with E-state index in [9.17, 15) is 14.4 Å². The Morgan fingerprint density at radius 2 is 1.90 bits per heavy atom. The summed E-state index contributed by atoms with van der Waals surface area (Å²) >= 11 is 0. The number of carbonyl (C=O) groups excluding carboxylic acids is 3. The number of aromatic nitrogens is 3. The fourth-order valence-electron chi connectivity index (χ4n) is 4.91. The van der Waals surface area contributed by atoms with Gasteiger partial charge >= 0.3 is 0 Å². The number of carbonyl (C=O) groups is 3. The quantitative estimate of drug-likeness (QED) is 0.314. The molecule has 9 heteroatoms. The molecule has 2 aromatic heterocycles. The van der Waals surface area contributed by atoms with Gasteiger partial charge in [0.1, 0.15) is 12.0 Å². The number of ketones is 1. The molecule has 0 bridgehead atoms. The number of aryl methyl sites for hydroxylation is 1. The van der Waals surface area contributed by atoms with Crippen LogP contribution in [0.15, 0.2) is 53.3 Å². The molecule has 2 atom stereocenters. The van der Waals surface area contributed by atoms with Crippen LogP contribution in [-0.2, 0) is 22.4 Å². The van der Waals surface area contributed by atoms with Crippen molar-refractivity contribution in [2.45, 2.75) is 70.8 Å². The van der Waals surface area contributed by atoms with E-state index >= 15 is 0 Å². The lowest BCUT2D eigenvalue weighted by Gasteiger charge is -2.22. The van der Waals surface area contributed by atoms with Gasteiger partial charge in [0.15, 0.2) is 5.76 Å². The normalized spacial score (nSPS) is 15.4. The molecule has 0 spiro atoms. The smallest absolute Gasteiger partial charge is 0.246 e. The van der Waals surface area contributed by atoms with Crippen LogP contribution in [0, 0.1) is 18.3 Å². The lowest BCUT2D eigenvalue weighted by atomic mass is 9.86. The summed E-state index contributed by atoms with van der Waals surface area (Å²) in [5.41, 5.74) is 7.27. The van der Waals surface area contributed by atoms with Gasteiger partial charge in [0.25, 0.3) is 0 Å². The number of amides is 2. The van der Waals surface area contributed by atoms with E-state index in [1.807, 2.05) is 30.3 Å². The number of primary amides is 1. The molecule has 4 rings (SSSR count). The first-order valence-electron chi connectivity index (χ1n) is 13.7. The first kappa shape index (κ1) is 28.1. The second-order valence-electron chi connectivity index (χ2n) is 10.3. The number of Topliss-reactive ketones (excluding diaryl/α,β-unsaturated/α-hetero) is 1. The first-order chi connectivity index (χ1) is 18.9. The zero-order valence-corrected chi connectivity index (χ0v) is 22.3. The number of hydrogen-bond acceptors (Lipinski definition) is 7. The topological polar surface area (TPSA) is 141 Å². The number of hydrogen-bond donors (Lipinski definition) is 2. The van der Waals surface area contributed by atoms with Gasteiger partial charge in [-0.1, -0.05) is 69.4 Å². The molecule has 1 saturated carbocycles. The third kappa shape index (κ3) is 8.05. The molecule has 0 aliphatic heterocycles. The van der Waals surface area contributed by atoms with Crippen molar-refractivity contribution in [1.29, 1.82) is 0 Å². The number of rotatable bonds is 13. The second-order valence-corrected chi connectivity index (χ2v) is 10.3. The van der Waals surface area contributed by atoms with Gasteiger partial charge in [0, 0.05) is 25.0 Å². The predicted octanol–water partition coefficient (Wildman–Crippen LogP) is 4.27. The fourth-order valence-corrected chi connectivity index (χ4v) is 4.91. The summed E-state index contributed by atoms with van der Waals surface area (Å²) in [6.45, 7) is 1.67. The Morgan fingerprint density at radius 1 is 1.13 bits per heavy atom. The summed E-state index contributed by atoms with van der Waals surface area (Å²) < 4.78 is 5.95. The Balaban J connectivity index is 1.57. The minimum Gasteiger partial charge on any atom is -0.431 e. The third-order valence-corrected chi connectivity index (χ3v) is 7.27. The van der Waals surface area contributed by atoms with E-state index in [1.54, 1.807) is 25.6 Å². The summed E-state index contributed by atoms with van der Waals surface area (Å²) in [4.78, 5) is 51.3. The van der Waals surface area contributed by atoms with E-state index < -0.39 is 23.7 Å². The minimum atomic E-state index is -0.839. The van der Waals surface area contributed by atoms with E-state index in [2.05, 4.69) is 20.3 Å². The summed E-state index contributed by atoms with van der Waals surface area (Å²) in [6.07, 6.45) is 12.3. The molecule has 39 heavy (non-hydrogen) atoms. The highest BCUT2D eigenvalue weighted by molar-refractivity contribution is 6.01. The van der Waals surface area contributed by atoms with Crippen LogP contribution in [0.1, 0.15) is 73.7 Å². The second kappa shape index (κ2) is 13.8. The average Bonchev–Trinajstić information content (AvgIpc) is 3.39. The molecule has 1 aromatic carbocycles. The Hall–Kier alpha value is -3.88. The highest BCUT2D eigenvalue weighted by Crippen LogP contribution is 2.27. The molecule has 9 nitrogen and oxygen atoms in total. The van der Waals surface area contributed by atoms with Gasteiger partial charge in [-0.3, -0.25) is 14.4 Å². The van der Waals surface area contributed by atoms with E-state index in [4.69, 9.17) is 10.2 Å². The van der Waals surface area contributed by atoms with Crippen LogP contribution in [0.25, 0.3) is 11.6 Å². The van der Waals surface area contributed by atoms with Crippen LogP contribution in [0.3, 0.4) is 0 Å². The largest absolute Gasteiger partial charge is 0.431 e. The van der Waals surface area contributed by atoms with E-state index in [-0.39, 0.29) is 24.0 Å². The van der Waals surface area contributed by atoms with Crippen molar-refractivity contribution in [3.63, 3.8) is 0 Å². The van der Waals surface area contributed by atoms with Crippen LogP contribution in [-0.4, -0.2) is 38.6 Å². The zero-order valence-electron chi connectivity index (χ0n) is 22.3. The average molecular weight is 531 g/mol. The van der Waals surface area contributed by atoms with Gasteiger partial charge in [-0.2, -0.15) is 0 Å². The van der Waals surface area contributed by atoms with Gasteiger partial charge < -0.3 is 15.5 Å². The zero-order chi connectivity index (χ0) is 27.6. The maximum absolute atomic E-state index is 13.9. The summed E-state index contributed by atoms with van der Waals surface area (Å²) in [5, 5.41) is 2.93. The van der Waals surface area contributed by atoms with Crippen molar-refractivity contribution in [2.75, 3.05) is 0 Å². The number of nitrogens with one attached hydrogen (secondary N) is 1. The lowest BCUT2D eigenvalue weighted by molar-refractivity contribution is -0.121. The monoisotopic (exact) mass is 530 g/mol. The predicted molar refractivity (Wildman–Crippen MR) is 146 cm³/mol. The molecule has 1 radical (unpaired) electrons. The minimum absolute atomic E-state index is 0.00218. The van der Waals surface area contributed by atoms with E-state index in [0.717, 1.165) is 18.4 Å². The molecule has 1 fully saturated rings. The molecule has 2 heterocycles. The Labute approximate surface area is 229 Å². The van der Waals surface area contributed by atoms with Gasteiger partial charge in [-0.05, 0) is 36.8 Å². The maximum Gasteiger partial charge on any atom is 0.246 e. The molecular formula is C30H36N5O4.